The van der Waals surface area contributed by atoms with Crippen LogP contribution in [0.4, 0.5) is 18.9 Å². The quantitative estimate of drug-likeness (QED) is 0.677. The summed E-state index contributed by atoms with van der Waals surface area (Å²) in [5, 5.41) is 2.92. The Balaban J connectivity index is 1.59. The number of aryl methyl sites for hydroxylation is 2. The first-order valence-electron chi connectivity index (χ1n) is 10.3. The monoisotopic (exact) mass is 485 g/mol. The molecule has 0 bridgehead atoms. The molecule has 2 aromatic rings. The number of halogens is 3. The second-order valence-corrected chi connectivity index (χ2v) is 9.88. The second-order valence-electron chi connectivity index (χ2n) is 7.94. The van der Waals surface area contributed by atoms with Gasteiger partial charge in [-0.3, -0.25) is 9.69 Å². The van der Waals surface area contributed by atoms with E-state index in [-0.39, 0.29) is 23.9 Å². The van der Waals surface area contributed by atoms with Gasteiger partial charge in [-0.25, -0.2) is 8.42 Å². The van der Waals surface area contributed by atoms with Gasteiger partial charge in [0.05, 0.1) is 10.9 Å². The van der Waals surface area contributed by atoms with Gasteiger partial charge in [0, 0.05) is 31.9 Å². The van der Waals surface area contributed by atoms with Crippen LogP contribution in [0.2, 0.25) is 0 Å². The summed E-state index contributed by atoms with van der Waals surface area (Å²) in [6.45, 7) is 6.65. The summed E-state index contributed by atoms with van der Waals surface area (Å²) in [7, 11) is -3.88. The highest BCUT2D eigenvalue weighted by Crippen LogP contribution is 2.26. The third kappa shape index (κ3) is 6.24. The Morgan fingerprint density at radius 2 is 1.64 bits per heavy atom. The zero-order chi connectivity index (χ0) is 24.4. The lowest BCUT2D eigenvalue weighted by molar-refractivity contribution is -0.274. The number of nitrogens with zero attached hydrogens (tertiary/aromatic N) is 2. The summed E-state index contributed by atoms with van der Waals surface area (Å²) in [4.78, 5) is 14.5. The van der Waals surface area contributed by atoms with Crippen LogP contribution in [0, 0.1) is 13.8 Å². The van der Waals surface area contributed by atoms with Crippen LogP contribution in [0.1, 0.15) is 18.1 Å². The van der Waals surface area contributed by atoms with E-state index in [1.807, 2.05) is 36.9 Å². The van der Waals surface area contributed by atoms with Crippen LogP contribution in [-0.2, 0) is 14.8 Å². The maximum atomic E-state index is 12.9. The molecule has 0 aliphatic carbocycles. The molecule has 1 N–H and O–H groups in total. The number of piperazine rings is 1. The summed E-state index contributed by atoms with van der Waals surface area (Å²) in [5.74, 6) is -0.673. The minimum absolute atomic E-state index is 0.119. The second kappa shape index (κ2) is 9.70. The van der Waals surface area contributed by atoms with Crippen molar-refractivity contribution >= 4 is 21.6 Å². The van der Waals surface area contributed by atoms with Crippen LogP contribution in [0.5, 0.6) is 5.75 Å². The van der Waals surface area contributed by atoms with Gasteiger partial charge < -0.3 is 10.1 Å². The number of carbonyl (C=O) groups excluding carboxylic acids is 1. The molecule has 1 fully saturated rings. The minimum Gasteiger partial charge on any atom is -0.406 e. The highest BCUT2D eigenvalue weighted by molar-refractivity contribution is 7.89. The van der Waals surface area contributed by atoms with E-state index < -0.39 is 28.2 Å². The van der Waals surface area contributed by atoms with Gasteiger partial charge in [0.15, 0.2) is 0 Å². The number of alkyl halides is 3. The Kier molecular flexibility index (Phi) is 7.35. The van der Waals surface area contributed by atoms with Gasteiger partial charge >= 0.3 is 6.36 Å². The third-order valence-electron chi connectivity index (χ3n) is 5.54. The first kappa shape index (κ1) is 25.0. The van der Waals surface area contributed by atoms with E-state index in [1.54, 1.807) is 6.92 Å². The number of ether oxygens (including phenoxy) is 1. The van der Waals surface area contributed by atoms with Crippen LogP contribution >= 0.6 is 0 Å². The molecule has 11 heteroatoms. The van der Waals surface area contributed by atoms with Crippen molar-refractivity contribution in [2.75, 3.05) is 31.5 Å². The van der Waals surface area contributed by atoms with Crippen molar-refractivity contribution in [3.63, 3.8) is 0 Å². The molecule has 1 unspecified atom stereocenters. The number of amides is 1. The van der Waals surface area contributed by atoms with Crippen molar-refractivity contribution in [2.45, 2.75) is 38.1 Å². The van der Waals surface area contributed by atoms with Crippen molar-refractivity contribution in [3.05, 3.63) is 53.6 Å². The third-order valence-corrected chi connectivity index (χ3v) is 7.45. The number of carbonyl (C=O) groups is 1. The van der Waals surface area contributed by atoms with E-state index in [0.717, 1.165) is 41.1 Å². The van der Waals surface area contributed by atoms with Crippen molar-refractivity contribution in [1.82, 2.24) is 9.21 Å². The summed E-state index contributed by atoms with van der Waals surface area (Å²) in [5.41, 5.74) is 2.79. The Morgan fingerprint density at radius 3 is 2.18 bits per heavy atom. The number of benzene rings is 2. The maximum Gasteiger partial charge on any atom is 0.573 e. The van der Waals surface area contributed by atoms with E-state index in [9.17, 15) is 26.4 Å². The number of anilines is 1. The van der Waals surface area contributed by atoms with Crippen LogP contribution in [-0.4, -0.2) is 62.1 Å². The molecule has 1 atom stereocenters. The first-order valence-corrected chi connectivity index (χ1v) is 11.8. The molecule has 1 aliphatic rings. The van der Waals surface area contributed by atoms with Gasteiger partial charge in [0.1, 0.15) is 5.75 Å². The average Bonchev–Trinajstić information content (AvgIpc) is 2.74. The lowest BCUT2D eigenvalue weighted by Gasteiger charge is -2.36. The van der Waals surface area contributed by atoms with Gasteiger partial charge in [-0.05, 0) is 56.7 Å². The molecule has 3 rings (SSSR count). The fraction of sp³-hybridized carbons (Fsp3) is 0.409. The van der Waals surface area contributed by atoms with Crippen LogP contribution in [0.3, 0.4) is 0 Å². The number of nitrogens with one attached hydrogen (secondary N) is 1. The molecule has 180 valence electrons. The van der Waals surface area contributed by atoms with E-state index in [1.165, 1.54) is 4.31 Å². The fourth-order valence-corrected chi connectivity index (χ4v) is 5.07. The van der Waals surface area contributed by atoms with Crippen LogP contribution in [0.25, 0.3) is 0 Å². The molecule has 33 heavy (non-hydrogen) atoms. The first-order chi connectivity index (χ1) is 15.4. The zero-order valence-corrected chi connectivity index (χ0v) is 19.3. The number of hydrogen-bond acceptors (Lipinski definition) is 5. The Bertz CT molecular complexity index is 1100. The zero-order valence-electron chi connectivity index (χ0n) is 18.5. The molecule has 0 spiro atoms. The van der Waals surface area contributed by atoms with Crippen molar-refractivity contribution in [3.8, 4) is 5.75 Å². The van der Waals surface area contributed by atoms with Crippen LogP contribution < -0.4 is 10.1 Å². The molecule has 0 saturated carbocycles. The molecular formula is C22H26F3N3O4S. The van der Waals surface area contributed by atoms with Gasteiger partial charge in [-0.2, -0.15) is 4.31 Å². The number of sulfonamides is 1. The summed E-state index contributed by atoms with van der Waals surface area (Å²) >= 11 is 0. The Morgan fingerprint density at radius 1 is 1.03 bits per heavy atom. The normalized spacial score (nSPS) is 16.9. The predicted octanol–water partition coefficient (Wildman–Crippen LogP) is 3.54. The predicted molar refractivity (Wildman–Crippen MR) is 117 cm³/mol. The summed E-state index contributed by atoms with van der Waals surface area (Å²) < 4.78 is 67.7. The standard InChI is InChI=1S/C22H26F3N3O4S/c1-15-4-9-20(16(2)14-15)26-21(29)17(3)27-10-12-28(13-11-27)33(30,31)19-7-5-18(6-8-19)32-22(23,24)25/h4-9,14,17H,10-13H2,1-3H3,(H,26,29). The molecule has 1 saturated heterocycles. The highest BCUT2D eigenvalue weighted by Gasteiger charge is 2.33. The molecule has 1 aliphatic heterocycles. The lowest BCUT2D eigenvalue weighted by atomic mass is 10.1. The average molecular weight is 486 g/mol. The molecule has 1 heterocycles. The van der Waals surface area contributed by atoms with Crippen molar-refractivity contribution < 1.29 is 31.1 Å². The lowest BCUT2D eigenvalue weighted by Crippen LogP contribution is -2.53. The Hall–Kier alpha value is -2.63. The molecule has 7 nitrogen and oxygen atoms in total. The van der Waals surface area contributed by atoms with Crippen molar-refractivity contribution in [1.29, 1.82) is 0 Å². The van der Waals surface area contributed by atoms with Gasteiger partial charge in [0.2, 0.25) is 15.9 Å². The highest BCUT2D eigenvalue weighted by atomic mass is 32.2. The number of rotatable bonds is 6. The molecule has 0 aromatic heterocycles. The van der Waals surface area contributed by atoms with E-state index in [2.05, 4.69) is 10.1 Å². The topological polar surface area (TPSA) is 79.0 Å². The van der Waals surface area contributed by atoms with Gasteiger partial charge in [-0.1, -0.05) is 17.7 Å². The van der Waals surface area contributed by atoms with Gasteiger partial charge in [0.25, 0.3) is 0 Å². The smallest absolute Gasteiger partial charge is 0.406 e. The molecular weight excluding hydrogens is 459 g/mol. The van der Waals surface area contributed by atoms with E-state index in [4.69, 9.17) is 0 Å². The van der Waals surface area contributed by atoms with Crippen molar-refractivity contribution in [2.24, 2.45) is 0 Å². The minimum atomic E-state index is -4.85. The number of hydrogen-bond donors (Lipinski definition) is 1. The molecule has 2 aromatic carbocycles. The Labute approximate surface area is 191 Å². The van der Waals surface area contributed by atoms with Gasteiger partial charge in [-0.15, -0.1) is 13.2 Å². The fourth-order valence-electron chi connectivity index (χ4n) is 3.65. The SMILES string of the molecule is Cc1ccc(NC(=O)C(C)N2CCN(S(=O)(=O)c3ccc(OC(F)(F)F)cc3)CC2)c(C)c1. The van der Waals surface area contributed by atoms with E-state index in [0.29, 0.717) is 13.1 Å². The maximum absolute atomic E-state index is 12.9. The summed E-state index contributed by atoms with van der Waals surface area (Å²) in [6, 6.07) is 9.39. The summed E-state index contributed by atoms with van der Waals surface area (Å²) in [6.07, 6.45) is -4.85. The molecule has 0 radical (unpaired) electrons. The largest absolute Gasteiger partial charge is 0.573 e. The molecule has 1 amide bonds. The van der Waals surface area contributed by atoms with Crippen LogP contribution in [0.15, 0.2) is 47.4 Å². The van der Waals surface area contributed by atoms with E-state index >= 15 is 0 Å².